The molecule has 1 saturated carbocycles. The highest BCUT2D eigenvalue weighted by Gasteiger charge is 2.23. The van der Waals surface area contributed by atoms with Crippen LogP contribution in [0.1, 0.15) is 50.8 Å². The van der Waals surface area contributed by atoms with Crippen molar-refractivity contribution in [2.24, 2.45) is 0 Å². The third-order valence-corrected chi connectivity index (χ3v) is 5.54. The van der Waals surface area contributed by atoms with Crippen LogP contribution >= 0.6 is 0 Å². The number of nitrogens with one attached hydrogen (secondary N) is 2. The second-order valence-electron chi connectivity index (χ2n) is 7.45. The van der Waals surface area contributed by atoms with Gasteiger partial charge in [0.2, 0.25) is 0 Å². The summed E-state index contributed by atoms with van der Waals surface area (Å²) in [6.45, 7) is 2.57. The Bertz CT molecular complexity index is 1200. The molecule has 0 bridgehead atoms. The smallest absolute Gasteiger partial charge is 0.306 e. The molecule has 1 fully saturated rings. The van der Waals surface area contributed by atoms with Crippen molar-refractivity contribution in [2.45, 2.75) is 51.5 Å². The summed E-state index contributed by atoms with van der Waals surface area (Å²) in [6.07, 6.45) is 7.33. The predicted molar refractivity (Wildman–Crippen MR) is 108 cm³/mol. The number of rotatable bonds is 5. The molecule has 1 aliphatic carbocycles. The molecule has 3 aromatic heterocycles. The SMILES string of the molecule is CCCn1c(Oc2cccc3[nH]ccc23)nc2nc(C3CCCC3)[nH]c2c1=O. The fourth-order valence-electron chi connectivity index (χ4n) is 4.12. The van der Waals surface area contributed by atoms with Crippen LogP contribution in [-0.2, 0) is 6.54 Å². The third kappa shape index (κ3) is 2.78. The molecule has 7 nitrogen and oxygen atoms in total. The summed E-state index contributed by atoms with van der Waals surface area (Å²) in [5.74, 6) is 1.94. The number of hydrogen-bond donors (Lipinski definition) is 2. The molecule has 0 unspecified atom stereocenters. The number of nitrogens with zero attached hydrogens (tertiary/aromatic N) is 3. The number of imidazole rings is 1. The number of aromatic nitrogens is 5. The van der Waals surface area contributed by atoms with E-state index in [9.17, 15) is 4.79 Å². The Morgan fingerprint density at radius 2 is 2.07 bits per heavy atom. The van der Waals surface area contributed by atoms with E-state index in [1.165, 1.54) is 12.8 Å². The molecule has 3 heterocycles. The Balaban J connectivity index is 1.63. The van der Waals surface area contributed by atoms with E-state index >= 15 is 0 Å². The van der Waals surface area contributed by atoms with Crippen molar-refractivity contribution in [3.05, 3.63) is 46.6 Å². The predicted octanol–water partition coefficient (Wildman–Crippen LogP) is 4.46. The zero-order valence-electron chi connectivity index (χ0n) is 15.9. The number of ether oxygens (including phenoxy) is 1. The van der Waals surface area contributed by atoms with Crippen molar-refractivity contribution < 1.29 is 4.74 Å². The highest BCUT2D eigenvalue weighted by atomic mass is 16.5. The van der Waals surface area contributed by atoms with Crippen molar-refractivity contribution in [1.82, 2.24) is 24.5 Å². The van der Waals surface area contributed by atoms with Gasteiger partial charge >= 0.3 is 6.01 Å². The summed E-state index contributed by atoms with van der Waals surface area (Å²) in [5, 5.41) is 0.952. The van der Waals surface area contributed by atoms with Gasteiger partial charge in [-0.1, -0.05) is 25.8 Å². The molecule has 4 aromatic rings. The molecule has 0 amide bonds. The van der Waals surface area contributed by atoms with E-state index in [-0.39, 0.29) is 11.6 Å². The first kappa shape index (κ1) is 17.0. The summed E-state index contributed by atoms with van der Waals surface area (Å²) in [7, 11) is 0. The Labute approximate surface area is 161 Å². The van der Waals surface area contributed by atoms with Gasteiger partial charge in [0, 0.05) is 29.6 Å². The van der Waals surface area contributed by atoms with Gasteiger partial charge in [0.1, 0.15) is 11.6 Å². The first-order valence-corrected chi connectivity index (χ1v) is 9.99. The number of H-pyrrole nitrogens is 2. The molecule has 1 aromatic carbocycles. The maximum Gasteiger partial charge on any atom is 0.306 e. The highest BCUT2D eigenvalue weighted by Crippen LogP contribution is 2.33. The number of aromatic amines is 2. The lowest BCUT2D eigenvalue weighted by Gasteiger charge is -2.12. The fourth-order valence-corrected chi connectivity index (χ4v) is 4.12. The second-order valence-corrected chi connectivity index (χ2v) is 7.45. The fraction of sp³-hybridized carbons (Fsp3) is 0.381. The highest BCUT2D eigenvalue weighted by molar-refractivity contribution is 5.86. The van der Waals surface area contributed by atoms with Crippen molar-refractivity contribution >= 4 is 22.1 Å². The number of fused-ring (bicyclic) bond motifs is 2. The molecule has 1 aliphatic rings. The lowest BCUT2D eigenvalue weighted by molar-refractivity contribution is 0.402. The molecule has 2 N–H and O–H groups in total. The molecule has 5 rings (SSSR count). The van der Waals surface area contributed by atoms with Gasteiger partial charge in [-0.2, -0.15) is 4.98 Å². The summed E-state index contributed by atoms with van der Waals surface area (Å²) in [6, 6.07) is 8.04. The minimum Gasteiger partial charge on any atom is -0.425 e. The van der Waals surface area contributed by atoms with Gasteiger partial charge < -0.3 is 14.7 Å². The first-order chi connectivity index (χ1) is 13.7. The van der Waals surface area contributed by atoms with E-state index in [4.69, 9.17) is 4.74 Å². The van der Waals surface area contributed by atoms with Crippen LogP contribution in [0.4, 0.5) is 0 Å². The lowest BCUT2D eigenvalue weighted by Crippen LogP contribution is -2.23. The van der Waals surface area contributed by atoms with Gasteiger partial charge in [0.05, 0.1) is 0 Å². The van der Waals surface area contributed by atoms with Crippen molar-refractivity contribution in [3.63, 3.8) is 0 Å². The van der Waals surface area contributed by atoms with Crippen LogP contribution in [0.5, 0.6) is 11.8 Å². The summed E-state index contributed by atoms with van der Waals surface area (Å²) in [5.41, 5.74) is 1.77. The van der Waals surface area contributed by atoms with E-state index < -0.39 is 0 Å². The van der Waals surface area contributed by atoms with Crippen molar-refractivity contribution in [3.8, 4) is 11.8 Å². The van der Waals surface area contributed by atoms with Gasteiger partial charge in [-0.3, -0.25) is 9.36 Å². The molecule has 0 saturated heterocycles. The Morgan fingerprint density at radius 1 is 1.21 bits per heavy atom. The Morgan fingerprint density at radius 3 is 2.89 bits per heavy atom. The molecular weight excluding hydrogens is 354 g/mol. The average molecular weight is 377 g/mol. The summed E-state index contributed by atoms with van der Waals surface area (Å²) >= 11 is 0. The summed E-state index contributed by atoms with van der Waals surface area (Å²) < 4.78 is 7.74. The first-order valence-electron chi connectivity index (χ1n) is 9.99. The minimum atomic E-state index is -0.125. The quantitative estimate of drug-likeness (QED) is 0.537. The standard InChI is InChI=1S/C21H23N5O2/c1-2-12-26-20(27)17-19(24-18(23-17)13-6-3-4-7-13)25-21(26)28-16-9-5-8-15-14(16)10-11-22-15/h5,8-11,13,22H,2-4,6-7,12H2,1H3,(H,23,24). The van der Waals surface area contributed by atoms with Crippen LogP contribution in [0.3, 0.4) is 0 Å². The van der Waals surface area contributed by atoms with E-state index in [2.05, 4.69) is 19.9 Å². The normalized spacial score (nSPS) is 15.0. The van der Waals surface area contributed by atoms with Crippen LogP contribution in [0.2, 0.25) is 0 Å². The molecule has 0 radical (unpaired) electrons. The lowest BCUT2D eigenvalue weighted by atomic mass is 10.1. The number of benzene rings is 1. The van der Waals surface area contributed by atoms with Gasteiger partial charge in [-0.25, -0.2) is 4.98 Å². The van der Waals surface area contributed by atoms with Crippen LogP contribution in [-0.4, -0.2) is 24.5 Å². The van der Waals surface area contributed by atoms with Crippen LogP contribution < -0.4 is 10.3 Å². The molecule has 144 valence electrons. The Kier molecular flexibility index (Phi) is 4.15. The topological polar surface area (TPSA) is 88.6 Å². The van der Waals surface area contributed by atoms with Gasteiger partial charge in [0.25, 0.3) is 5.56 Å². The second kappa shape index (κ2) is 6.82. The van der Waals surface area contributed by atoms with Crippen molar-refractivity contribution in [1.29, 1.82) is 0 Å². The minimum absolute atomic E-state index is 0.125. The zero-order chi connectivity index (χ0) is 19.1. The molecule has 7 heteroatoms. The molecule has 0 atom stereocenters. The van der Waals surface area contributed by atoms with Gasteiger partial charge in [-0.15, -0.1) is 0 Å². The van der Waals surface area contributed by atoms with Crippen LogP contribution in [0.25, 0.3) is 22.1 Å². The molecule has 0 aliphatic heterocycles. The maximum absolute atomic E-state index is 13.1. The van der Waals surface area contributed by atoms with Crippen LogP contribution in [0.15, 0.2) is 35.3 Å². The zero-order valence-corrected chi connectivity index (χ0v) is 15.9. The largest absolute Gasteiger partial charge is 0.425 e. The van der Waals surface area contributed by atoms with Crippen molar-refractivity contribution in [2.75, 3.05) is 0 Å². The average Bonchev–Trinajstić information content (AvgIpc) is 3.44. The van der Waals surface area contributed by atoms with E-state index in [1.54, 1.807) is 4.57 Å². The van der Waals surface area contributed by atoms with E-state index in [1.807, 2.05) is 37.4 Å². The van der Waals surface area contributed by atoms with E-state index in [0.717, 1.165) is 36.0 Å². The molecule has 28 heavy (non-hydrogen) atoms. The van der Waals surface area contributed by atoms with Crippen LogP contribution in [0, 0.1) is 0 Å². The molecule has 0 spiro atoms. The maximum atomic E-state index is 13.1. The Hall–Kier alpha value is -3.09. The summed E-state index contributed by atoms with van der Waals surface area (Å²) in [4.78, 5) is 28.8. The van der Waals surface area contributed by atoms with Gasteiger partial charge in [-0.05, 0) is 37.5 Å². The third-order valence-electron chi connectivity index (χ3n) is 5.54. The van der Waals surface area contributed by atoms with Gasteiger partial charge in [0.15, 0.2) is 11.2 Å². The molecular formula is C21H23N5O2. The monoisotopic (exact) mass is 377 g/mol. The van der Waals surface area contributed by atoms with E-state index in [0.29, 0.717) is 29.4 Å². The number of hydrogen-bond acceptors (Lipinski definition) is 4.